The van der Waals surface area contributed by atoms with Crippen LogP contribution in [-0.4, -0.2) is 16.0 Å². The number of H-pyrrole nitrogens is 1. The number of phenols is 1. The number of nitrogens with one attached hydrogen (secondary N) is 2. The maximum absolute atomic E-state index is 12.0. The quantitative estimate of drug-likeness (QED) is 0.574. The van der Waals surface area contributed by atoms with Gasteiger partial charge in [-0.3, -0.25) is 4.79 Å². The van der Waals surface area contributed by atoms with Crippen molar-refractivity contribution < 1.29 is 9.90 Å². The zero-order chi connectivity index (χ0) is 13.1. The molecule has 0 spiro atoms. The van der Waals surface area contributed by atoms with Gasteiger partial charge in [-0.25, -0.2) is 0 Å². The molecule has 0 bridgehead atoms. The van der Waals surface area contributed by atoms with E-state index >= 15 is 0 Å². The van der Waals surface area contributed by atoms with Crippen LogP contribution in [0.15, 0.2) is 36.5 Å². The van der Waals surface area contributed by atoms with Crippen molar-refractivity contribution in [3.63, 3.8) is 0 Å². The van der Waals surface area contributed by atoms with Crippen molar-refractivity contribution in [2.24, 2.45) is 0 Å². The molecular weight excluding hydrogens is 248 g/mol. The standard InChI is InChI=1S/C13H12N2O2S/c1-8-4-5-10(11(16)7-8)15-12(17)9-3-2-6-14-13(9)18/h2-7,16H,1H3,(H,14,18)(H,15,17). The molecule has 1 heterocycles. The number of benzene rings is 1. The smallest absolute Gasteiger partial charge is 0.258 e. The molecule has 0 unspecified atom stereocenters. The fourth-order valence-corrected chi connectivity index (χ4v) is 1.77. The SMILES string of the molecule is Cc1ccc(NC(=O)c2ccc[nH]c2=S)c(O)c1. The second-order valence-electron chi connectivity index (χ2n) is 3.89. The van der Waals surface area contributed by atoms with Gasteiger partial charge in [0, 0.05) is 6.20 Å². The number of carbonyl (C=O) groups excluding carboxylic acids is 1. The van der Waals surface area contributed by atoms with Gasteiger partial charge in [0.05, 0.1) is 11.3 Å². The third kappa shape index (κ3) is 2.57. The van der Waals surface area contributed by atoms with E-state index in [1.165, 1.54) is 0 Å². The first-order valence-corrected chi connectivity index (χ1v) is 5.77. The molecule has 5 heteroatoms. The van der Waals surface area contributed by atoms with E-state index in [0.717, 1.165) is 5.56 Å². The number of hydrogen-bond acceptors (Lipinski definition) is 3. The van der Waals surface area contributed by atoms with Crippen LogP contribution in [0.25, 0.3) is 0 Å². The zero-order valence-electron chi connectivity index (χ0n) is 9.73. The number of carbonyl (C=O) groups is 1. The Kier molecular flexibility index (Phi) is 3.43. The minimum absolute atomic E-state index is 0.0363. The molecule has 0 aliphatic heterocycles. The highest BCUT2D eigenvalue weighted by molar-refractivity contribution is 7.71. The molecule has 0 saturated heterocycles. The third-order valence-electron chi connectivity index (χ3n) is 2.46. The molecule has 3 N–H and O–H groups in total. The van der Waals surface area contributed by atoms with Gasteiger partial charge in [0.1, 0.15) is 10.4 Å². The van der Waals surface area contributed by atoms with Crippen LogP contribution in [0.2, 0.25) is 0 Å². The number of aryl methyl sites for hydroxylation is 1. The van der Waals surface area contributed by atoms with E-state index in [0.29, 0.717) is 15.9 Å². The lowest BCUT2D eigenvalue weighted by Gasteiger charge is -2.07. The van der Waals surface area contributed by atoms with Crippen molar-refractivity contribution >= 4 is 23.8 Å². The predicted octanol–water partition coefficient (Wildman–Crippen LogP) is 3.01. The van der Waals surface area contributed by atoms with Gasteiger partial charge < -0.3 is 15.4 Å². The van der Waals surface area contributed by atoms with E-state index in [2.05, 4.69) is 10.3 Å². The van der Waals surface area contributed by atoms with Crippen LogP contribution in [0.4, 0.5) is 5.69 Å². The van der Waals surface area contributed by atoms with Gasteiger partial charge in [-0.2, -0.15) is 0 Å². The maximum atomic E-state index is 12.0. The van der Waals surface area contributed by atoms with Crippen LogP contribution in [0.5, 0.6) is 5.75 Å². The molecule has 92 valence electrons. The number of phenolic OH excluding ortho intramolecular Hbond substituents is 1. The third-order valence-corrected chi connectivity index (χ3v) is 2.80. The topological polar surface area (TPSA) is 65.1 Å². The van der Waals surface area contributed by atoms with Gasteiger partial charge >= 0.3 is 0 Å². The first kappa shape index (κ1) is 12.3. The van der Waals surface area contributed by atoms with Gasteiger partial charge in [-0.15, -0.1) is 0 Å². The van der Waals surface area contributed by atoms with Crippen molar-refractivity contribution in [1.29, 1.82) is 0 Å². The summed E-state index contributed by atoms with van der Waals surface area (Å²) in [4.78, 5) is 14.7. The first-order chi connectivity index (χ1) is 8.58. The van der Waals surface area contributed by atoms with Crippen molar-refractivity contribution in [3.8, 4) is 5.75 Å². The van der Waals surface area contributed by atoms with Crippen LogP contribution in [-0.2, 0) is 0 Å². The van der Waals surface area contributed by atoms with Crippen LogP contribution < -0.4 is 5.32 Å². The van der Waals surface area contributed by atoms with Crippen LogP contribution in [0.1, 0.15) is 15.9 Å². The molecule has 0 aliphatic carbocycles. The molecule has 2 aromatic rings. The molecule has 1 aromatic heterocycles. The van der Waals surface area contributed by atoms with Gasteiger partial charge in [-0.05, 0) is 36.8 Å². The number of rotatable bonds is 2. The van der Waals surface area contributed by atoms with E-state index in [9.17, 15) is 9.90 Å². The Balaban J connectivity index is 2.27. The van der Waals surface area contributed by atoms with Crippen LogP contribution >= 0.6 is 12.2 Å². The summed E-state index contributed by atoms with van der Waals surface area (Å²) >= 11 is 5.02. The molecule has 1 amide bonds. The highest BCUT2D eigenvalue weighted by atomic mass is 32.1. The van der Waals surface area contributed by atoms with E-state index in [1.54, 1.807) is 36.5 Å². The van der Waals surface area contributed by atoms with E-state index in [4.69, 9.17) is 12.2 Å². The molecule has 0 aliphatic rings. The molecule has 2 rings (SSSR count). The Labute approximate surface area is 109 Å². The fourth-order valence-electron chi connectivity index (χ4n) is 1.54. The van der Waals surface area contributed by atoms with Crippen molar-refractivity contribution in [3.05, 3.63) is 52.3 Å². The largest absolute Gasteiger partial charge is 0.506 e. The number of aromatic hydroxyl groups is 1. The number of aromatic nitrogens is 1. The molecule has 0 fully saturated rings. The van der Waals surface area contributed by atoms with Crippen LogP contribution in [0, 0.1) is 11.6 Å². The highest BCUT2D eigenvalue weighted by Gasteiger charge is 2.10. The lowest BCUT2D eigenvalue weighted by atomic mass is 10.2. The summed E-state index contributed by atoms with van der Waals surface area (Å²) in [6.45, 7) is 1.86. The van der Waals surface area contributed by atoms with Gasteiger partial charge in [-0.1, -0.05) is 18.3 Å². The number of hydrogen-bond donors (Lipinski definition) is 3. The Hall–Kier alpha value is -2.14. The fraction of sp³-hybridized carbons (Fsp3) is 0.0769. The predicted molar refractivity (Wildman–Crippen MR) is 72.4 cm³/mol. The number of pyridine rings is 1. The second-order valence-corrected chi connectivity index (χ2v) is 4.30. The lowest BCUT2D eigenvalue weighted by Crippen LogP contribution is -2.12. The molecule has 0 atom stereocenters. The molecule has 1 aromatic carbocycles. The van der Waals surface area contributed by atoms with Gasteiger partial charge in [0.15, 0.2) is 0 Å². The number of amides is 1. The summed E-state index contributed by atoms with van der Waals surface area (Å²) in [5.41, 5.74) is 1.65. The maximum Gasteiger partial charge on any atom is 0.258 e. The summed E-state index contributed by atoms with van der Waals surface area (Å²) in [5.74, 6) is -0.315. The van der Waals surface area contributed by atoms with E-state index in [1.807, 2.05) is 6.92 Å². The minimum Gasteiger partial charge on any atom is -0.506 e. The zero-order valence-corrected chi connectivity index (χ0v) is 10.5. The molecule has 0 saturated carbocycles. The molecule has 4 nitrogen and oxygen atoms in total. The summed E-state index contributed by atoms with van der Waals surface area (Å²) in [7, 11) is 0. The van der Waals surface area contributed by atoms with E-state index in [-0.39, 0.29) is 11.7 Å². The monoisotopic (exact) mass is 260 g/mol. The molecule has 18 heavy (non-hydrogen) atoms. The van der Waals surface area contributed by atoms with E-state index < -0.39 is 0 Å². The molecule has 0 radical (unpaired) electrons. The lowest BCUT2D eigenvalue weighted by molar-refractivity contribution is 0.102. The molecular formula is C13H12N2O2S. The number of aromatic amines is 1. The first-order valence-electron chi connectivity index (χ1n) is 5.36. The summed E-state index contributed by atoms with van der Waals surface area (Å²) in [6, 6.07) is 8.36. The van der Waals surface area contributed by atoms with Crippen molar-refractivity contribution in [2.45, 2.75) is 6.92 Å². The average Bonchev–Trinajstić information content (AvgIpc) is 2.33. The highest BCUT2D eigenvalue weighted by Crippen LogP contribution is 2.24. The normalized spacial score (nSPS) is 10.1. The Morgan fingerprint density at radius 3 is 2.83 bits per heavy atom. The summed E-state index contributed by atoms with van der Waals surface area (Å²) in [5, 5.41) is 12.3. The van der Waals surface area contributed by atoms with Crippen LogP contribution in [0.3, 0.4) is 0 Å². The summed E-state index contributed by atoms with van der Waals surface area (Å²) < 4.78 is 0.363. The Morgan fingerprint density at radius 1 is 1.39 bits per heavy atom. The second kappa shape index (κ2) is 5.01. The van der Waals surface area contributed by atoms with Gasteiger partial charge in [0.25, 0.3) is 5.91 Å². The van der Waals surface area contributed by atoms with Gasteiger partial charge in [0.2, 0.25) is 0 Å². The minimum atomic E-state index is -0.351. The average molecular weight is 260 g/mol. The Bertz CT molecular complexity index is 649. The summed E-state index contributed by atoms with van der Waals surface area (Å²) in [6.07, 6.45) is 1.66. The van der Waals surface area contributed by atoms with Crippen molar-refractivity contribution in [2.75, 3.05) is 5.32 Å². The Morgan fingerprint density at radius 2 is 2.17 bits per heavy atom. The van der Waals surface area contributed by atoms with Crippen molar-refractivity contribution in [1.82, 2.24) is 4.98 Å². The number of anilines is 1.